The number of benzene rings is 1. The Labute approximate surface area is 246 Å². The predicted octanol–water partition coefficient (Wildman–Crippen LogP) is 6.18. The van der Waals surface area contributed by atoms with Crippen LogP contribution in [0, 0.1) is 0 Å². The lowest BCUT2D eigenvalue weighted by Crippen LogP contribution is -2.39. The Morgan fingerprint density at radius 1 is 1.15 bits per heavy atom. The average molecular weight is 600 g/mol. The summed E-state index contributed by atoms with van der Waals surface area (Å²) in [7, 11) is 1.30. The summed E-state index contributed by atoms with van der Waals surface area (Å²) in [5.74, 6) is -0.980. The number of rotatable bonds is 8. The highest BCUT2D eigenvalue weighted by molar-refractivity contribution is 8.00. The van der Waals surface area contributed by atoms with Crippen molar-refractivity contribution in [1.82, 2.24) is 4.90 Å². The molecule has 0 saturated heterocycles. The zero-order valence-corrected chi connectivity index (χ0v) is 25.2. The fraction of sp³-hybridized carbons (Fsp3) is 0.379. The number of thioether (sulfide) groups is 1. The first-order chi connectivity index (χ1) is 19.5. The summed E-state index contributed by atoms with van der Waals surface area (Å²) in [6.07, 6.45) is 1.96. The fourth-order valence-corrected chi connectivity index (χ4v) is 6.49. The summed E-state index contributed by atoms with van der Waals surface area (Å²) < 4.78 is 15.7. The van der Waals surface area contributed by atoms with Crippen molar-refractivity contribution in [2.45, 2.75) is 62.8 Å². The van der Waals surface area contributed by atoms with E-state index in [1.54, 1.807) is 35.2 Å². The zero-order chi connectivity index (χ0) is 29.7. The number of furan rings is 1. The molecule has 218 valence electrons. The van der Waals surface area contributed by atoms with E-state index in [9.17, 15) is 19.2 Å². The number of nitrogens with zero attached hydrogens (tertiary/aromatic N) is 1. The topological polar surface area (TPSA) is 127 Å². The van der Waals surface area contributed by atoms with E-state index in [2.05, 4.69) is 10.6 Å². The Balaban J connectivity index is 1.48. The first-order valence-corrected chi connectivity index (χ1v) is 14.8. The molecule has 4 rings (SSSR count). The maximum Gasteiger partial charge on any atom is 0.410 e. The number of nitrogens with one attached hydrogen (secondary N) is 2. The van der Waals surface area contributed by atoms with E-state index < -0.39 is 22.9 Å². The maximum atomic E-state index is 13.4. The van der Waals surface area contributed by atoms with Gasteiger partial charge < -0.3 is 29.4 Å². The number of anilines is 2. The number of hydrogen-bond donors (Lipinski definition) is 2. The van der Waals surface area contributed by atoms with Gasteiger partial charge in [-0.2, -0.15) is 0 Å². The number of esters is 1. The molecule has 0 bridgehead atoms. The fourth-order valence-electron chi connectivity index (χ4n) is 4.22. The summed E-state index contributed by atoms with van der Waals surface area (Å²) >= 11 is 2.62. The van der Waals surface area contributed by atoms with Gasteiger partial charge in [-0.3, -0.25) is 9.59 Å². The third kappa shape index (κ3) is 7.50. The van der Waals surface area contributed by atoms with Crippen molar-refractivity contribution in [3.8, 4) is 0 Å². The SMILES string of the molecule is CCC(Sc1cccc(NC(=O)c2ccco2)c1)C(=O)Nc1sc2c(c1C(=O)OC)CCN(C(=O)OC(C)(C)C)C2. The van der Waals surface area contributed by atoms with Crippen molar-refractivity contribution in [2.24, 2.45) is 0 Å². The quantitative estimate of drug-likeness (QED) is 0.232. The number of carbonyl (C=O) groups excluding carboxylic acids is 4. The van der Waals surface area contributed by atoms with E-state index >= 15 is 0 Å². The van der Waals surface area contributed by atoms with Crippen LogP contribution < -0.4 is 10.6 Å². The smallest absolute Gasteiger partial charge is 0.410 e. The summed E-state index contributed by atoms with van der Waals surface area (Å²) in [6, 6.07) is 10.4. The van der Waals surface area contributed by atoms with Crippen molar-refractivity contribution >= 4 is 57.7 Å². The van der Waals surface area contributed by atoms with Gasteiger partial charge in [-0.15, -0.1) is 23.1 Å². The monoisotopic (exact) mass is 599 g/mol. The first kappa shape index (κ1) is 30.2. The van der Waals surface area contributed by atoms with Crippen LogP contribution in [0.15, 0.2) is 52.0 Å². The summed E-state index contributed by atoms with van der Waals surface area (Å²) in [5.41, 5.74) is 1.05. The number of fused-ring (bicyclic) bond motifs is 1. The average Bonchev–Trinajstić information content (AvgIpc) is 3.58. The third-order valence-electron chi connectivity index (χ3n) is 6.11. The van der Waals surface area contributed by atoms with Gasteiger partial charge in [0.25, 0.3) is 5.91 Å². The number of thiophene rings is 1. The van der Waals surface area contributed by atoms with Crippen LogP contribution in [-0.2, 0) is 27.2 Å². The molecule has 1 atom stereocenters. The molecule has 3 aromatic rings. The third-order valence-corrected chi connectivity index (χ3v) is 8.60. The van der Waals surface area contributed by atoms with Crippen molar-refractivity contribution in [2.75, 3.05) is 24.3 Å². The Morgan fingerprint density at radius 2 is 1.93 bits per heavy atom. The molecule has 0 saturated carbocycles. The second kappa shape index (κ2) is 12.8. The molecule has 1 unspecified atom stereocenters. The summed E-state index contributed by atoms with van der Waals surface area (Å²) in [4.78, 5) is 54.4. The van der Waals surface area contributed by atoms with E-state index in [4.69, 9.17) is 13.9 Å². The predicted molar refractivity (Wildman–Crippen MR) is 158 cm³/mol. The molecule has 2 aromatic heterocycles. The van der Waals surface area contributed by atoms with Crippen LogP contribution in [0.1, 0.15) is 65.5 Å². The lowest BCUT2D eigenvalue weighted by molar-refractivity contribution is -0.115. The van der Waals surface area contributed by atoms with Crippen molar-refractivity contribution in [3.05, 3.63) is 64.4 Å². The van der Waals surface area contributed by atoms with Gasteiger partial charge in [0.15, 0.2) is 5.76 Å². The number of hydrogen-bond acceptors (Lipinski definition) is 9. The second-order valence-corrected chi connectivity index (χ2v) is 12.7. The molecular formula is C29H33N3O7S2. The van der Waals surface area contributed by atoms with Crippen LogP contribution in [0.3, 0.4) is 0 Å². The van der Waals surface area contributed by atoms with Gasteiger partial charge in [-0.25, -0.2) is 9.59 Å². The van der Waals surface area contributed by atoms with E-state index in [-0.39, 0.29) is 24.1 Å². The molecule has 1 aliphatic heterocycles. The van der Waals surface area contributed by atoms with Gasteiger partial charge in [0.05, 0.1) is 30.7 Å². The van der Waals surface area contributed by atoms with Crippen LogP contribution in [0.5, 0.6) is 0 Å². The van der Waals surface area contributed by atoms with Crippen molar-refractivity contribution < 1.29 is 33.1 Å². The molecule has 3 heterocycles. The minimum Gasteiger partial charge on any atom is -0.465 e. The largest absolute Gasteiger partial charge is 0.465 e. The Hall–Kier alpha value is -3.77. The number of methoxy groups -OCH3 is 1. The van der Waals surface area contributed by atoms with Crippen LogP contribution in [0.4, 0.5) is 15.5 Å². The van der Waals surface area contributed by atoms with E-state index in [1.165, 1.54) is 36.5 Å². The molecule has 1 aliphatic rings. The maximum absolute atomic E-state index is 13.4. The van der Waals surface area contributed by atoms with Crippen LogP contribution in [0.2, 0.25) is 0 Å². The van der Waals surface area contributed by atoms with E-state index in [0.29, 0.717) is 35.6 Å². The minimum atomic E-state index is -0.625. The molecule has 10 nitrogen and oxygen atoms in total. The molecule has 3 amide bonds. The zero-order valence-electron chi connectivity index (χ0n) is 23.6. The van der Waals surface area contributed by atoms with Gasteiger partial charge in [0, 0.05) is 22.0 Å². The van der Waals surface area contributed by atoms with Crippen LogP contribution >= 0.6 is 23.1 Å². The molecule has 0 fully saturated rings. The van der Waals surface area contributed by atoms with Gasteiger partial charge in [0.1, 0.15) is 10.6 Å². The number of amides is 3. The highest BCUT2D eigenvalue weighted by atomic mass is 32.2. The molecule has 0 radical (unpaired) electrons. The van der Waals surface area contributed by atoms with Crippen molar-refractivity contribution in [1.29, 1.82) is 0 Å². The van der Waals surface area contributed by atoms with Crippen LogP contribution in [0.25, 0.3) is 0 Å². The molecule has 0 aliphatic carbocycles. The van der Waals surface area contributed by atoms with Gasteiger partial charge in [0.2, 0.25) is 5.91 Å². The van der Waals surface area contributed by atoms with Crippen molar-refractivity contribution in [3.63, 3.8) is 0 Å². The summed E-state index contributed by atoms with van der Waals surface area (Å²) in [6.45, 7) is 7.99. The first-order valence-electron chi connectivity index (χ1n) is 13.1. The normalized spacial score (nSPS) is 13.6. The van der Waals surface area contributed by atoms with E-state index in [0.717, 1.165) is 15.3 Å². The molecule has 41 heavy (non-hydrogen) atoms. The molecule has 2 N–H and O–H groups in total. The standard InChI is InChI=1S/C29H33N3O7S2/c1-6-21(40-18-10-7-9-17(15-18)30-24(33)20-11-8-14-38-20)25(34)31-26-23(27(35)37-5)19-12-13-32(16-22(19)41-26)28(36)39-29(2,3)4/h7-11,14-15,21H,6,12-13,16H2,1-5H3,(H,30,33)(H,31,34). The Morgan fingerprint density at radius 3 is 2.59 bits per heavy atom. The van der Waals surface area contributed by atoms with E-state index in [1.807, 2.05) is 33.8 Å². The minimum absolute atomic E-state index is 0.197. The van der Waals surface area contributed by atoms with Gasteiger partial charge in [-0.05, 0) is 69.5 Å². The Kier molecular flexibility index (Phi) is 9.44. The molecule has 1 aromatic carbocycles. The molecular weight excluding hydrogens is 566 g/mol. The van der Waals surface area contributed by atoms with Crippen LogP contribution in [-0.4, -0.2) is 53.3 Å². The van der Waals surface area contributed by atoms with Gasteiger partial charge in [-0.1, -0.05) is 13.0 Å². The lowest BCUT2D eigenvalue weighted by atomic mass is 10.0. The number of ether oxygens (including phenoxy) is 2. The second-order valence-electron chi connectivity index (χ2n) is 10.3. The van der Waals surface area contributed by atoms with Gasteiger partial charge >= 0.3 is 12.1 Å². The lowest BCUT2D eigenvalue weighted by Gasteiger charge is -2.30. The highest BCUT2D eigenvalue weighted by Crippen LogP contribution is 2.39. The Bertz CT molecular complexity index is 1430. The summed E-state index contributed by atoms with van der Waals surface area (Å²) in [5, 5.41) is 5.65. The molecule has 12 heteroatoms. The highest BCUT2D eigenvalue weighted by Gasteiger charge is 2.33. The number of carbonyl (C=O) groups is 4. The molecule has 0 spiro atoms.